The molecule has 0 amide bonds. The Kier molecular flexibility index (Phi) is 7.93. The Labute approximate surface area is 219 Å². The van der Waals surface area contributed by atoms with Gasteiger partial charge >= 0.3 is 0 Å². The SMILES string of the molecule is Cc1ccc2ccc(/C=C/c3cccc(C(CCc4ccccc4C(C)(C)O)OS(C)(=O)=O)c3)nc2c1. The molecule has 0 radical (unpaired) electrons. The summed E-state index contributed by atoms with van der Waals surface area (Å²) in [5.74, 6) is 0. The molecule has 0 saturated heterocycles. The molecule has 0 bridgehead atoms. The van der Waals surface area contributed by atoms with Crippen LogP contribution in [0, 0.1) is 6.92 Å². The van der Waals surface area contributed by atoms with Crippen molar-refractivity contribution < 1.29 is 17.7 Å². The first-order valence-electron chi connectivity index (χ1n) is 12.3. The van der Waals surface area contributed by atoms with Crippen LogP contribution in [-0.4, -0.2) is 24.8 Å². The zero-order chi connectivity index (χ0) is 26.6. The van der Waals surface area contributed by atoms with Crippen molar-refractivity contribution in [1.29, 1.82) is 0 Å². The summed E-state index contributed by atoms with van der Waals surface area (Å²) in [6, 6.07) is 25.6. The summed E-state index contributed by atoms with van der Waals surface area (Å²) in [6.45, 7) is 5.54. The minimum absolute atomic E-state index is 0.443. The third-order valence-electron chi connectivity index (χ3n) is 6.24. The van der Waals surface area contributed by atoms with Crippen LogP contribution in [0.2, 0.25) is 0 Å². The van der Waals surface area contributed by atoms with E-state index in [1.54, 1.807) is 13.8 Å². The van der Waals surface area contributed by atoms with Crippen molar-refractivity contribution in [3.05, 3.63) is 112 Å². The molecule has 1 aromatic heterocycles. The summed E-state index contributed by atoms with van der Waals surface area (Å²) in [5, 5.41) is 11.7. The minimum Gasteiger partial charge on any atom is -0.386 e. The van der Waals surface area contributed by atoms with Crippen LogP contribution >= 0.6 is 0 Å². The molecule has 5 nitrogen and oxygen atoms in total. The number of aliphatic hydroxyl groups is 1. The number of benzene rings is 3. The molecule has 0 aliphatic carbocycles. The Hall–Kier alpha value is -3.32. The van der Waals surface area contributed by atoms with Crippen molar-refractivity contribution in [2.45, 2.75) is 45.3 Å². The molecule has 0 saturated carbocycles. The van der Waals surface area contributed by atoms with Crippen molar-refractivity contribution in [1.82, 2.24) is 4.98 Å². The number of fused-ring (bicyclic) bond motifs is 1. The average Bonchev–Trinajstić information content (AvgIpc) is 2.84. The van der Waals surface area contributed by atoms with Crippen LogP contribution in [0.1, 0.15) is 59.9 Å². The van der Waals surface area contributed by atoms with Gasteiger partial charge in [0.25, 0.3) is 10.1 Å². The van der Waals surface area contributed by atoms with E-state index in [0.29, 0.717) is 12.8 Å². The maximum absolute atomic E-state index is 12.1. The number of hydrogen-bond acceptors (Lipinski definition) is 5. The average molecular weight is 516 g/mol. The molecule has 1 heterocycles. The van der Waals surface area contributed by atoms with Crippen molar-refractivity contribution >= 4 is 33.2 Å². The number of hydrogen-bond donors (Lipinski definition) is 1. The monoisotopic (exact) mass is 515 g/mol. The Bertz CT molecular complexity index is 1530. The molecule has 37 heavy (non-hydrogen) atoms. The van der Waals surface area contributed by atoms with E-state index in [1.807, 2.05) is 73.7 Å². The van der Waals surface area contributed by atoms with Gasteiger partial charge in [0.15, 0.2) is 0 Å². The summed E-state index contributed by atoms with van der Waals surface area (Å²) in [7, 11) is -3.68. The molecule has 4 rings (SSSR count). The second-order valence-corrected chi connectivity index (χ2v) is 11.6. The van der Waals surface area contributed by atoms with E-state index >= 15 is 0 Å². The lowest BCUT2D eigenvalue weighted by atomic mass is 9.90. The Morgan fingerprint density at radius 3 is 2.49 bits per heavy atom. The van der Waals surface area contributed by atoms with Gasteiger partial charge in [0.1, 0.15) is 6.10 Å². The van der Waals surface area contributed by atoms with Crippen LogP contribution < -0.4 is 0 Å². The molecular weight excluding hydrogens is 482 g/mol. The molecular formula is C31H33NO4S. The fourth-order valence-corrected chi connectivity index (χ4v) is 5.11. The van der Waals surface area contributed by atoms with Gasteiger partial charge < -0.3 is 5.11 Å². The van der Waals surface area contributed by atoms with E-state index in [2.05, 4.69) is 24.3 Å². The lowest BCUT2D eigenvalue weighted by Crippen LogP contribution is -2.18. The highest BCUT2D eigenvalue weighted by Crippen LogP contribution is 2.30. The minimum atomic E-state index is -3.68. The Morgan fingerprint density at radius 1 is 0.973 bits per heavy atom. The summed E-state index contributed by atoms with van der Waals surface area (Å²) >= 11 is 0. The highest BCUT2D eigenvalue weighted by Gasteiger charge is 2.22. The molecule has 0 aliphatic rings. The fourth-order valence-electron chi connectivity index (χ4n) is 4.48. The van der Waals surface area contributed by atoms with E-state index < -0.39 is 21.8 Å². The second-order valence-electron chi connectivity index (χ2n) is 9.98. The highest BCUT2D eigenvalue weighted by atomic mass is 32.2. The zero-order valence-electron chi connectivity index (χ0n) is 21.7. The van der Waals surface area contributed by atoms with Gasteiger partial charge in [-0.05, 0) is 85.7 Å². The molecule has 192 valence electrons. The van der Waals surface area contributed by atoms with E-state index in [4.69, 9.17) is 9.17 Å². The summed E-state index contributed by atoms with van der Waals surface area (Å²) in [4.78, 5) is 4.74. The normalized spacial score (nSPS) is 13.3. The van der Waals surface area contributed by atoms with Crippen LogP contribution in [0.15, 0.2) is 78.9 Å². The lowest BCUT2D eigenvalue weighted by molar-refractivity contribution is 0.0773. The predicted molar refractivity (Wildman–Crippen MR) is 151 cm³/mol. The molecule has 1 atom stereocenters. The van der Waals surface area contributed by atoms with Crippen LogP contribution in [0.3, 0.4) is 0 Å². The number of nitrogens with zero attached hydrogens (tertiary/aromatic N) is 1. The van der Waals surface area contributed by atoms with Gasteiger partial charge in [0.05, 0.1) is 23.1 Å². The maximum atomic E-state index is 12.1. The predicted octanol–water partition coefficient (Wildman–Crippen LogP) is 6.59. The van der Waals surface area contributed by atoms with Gasteiger partial charge in [0.2, 0.25) is 0 Å². The third kappa shape index (κ3) is 7.35. The van der Waals surface area contributed by atoms with Crippen molar-refractivity contribution in [2.75, 3.05) is 6.26 Å². The van der Waals surface area contributed by atoms with Crippen molar-refractivity contribution in [3.63, 3.8) is 0 Å². The first kappa shape index (κ1) is 26.7. The first-order valence-corrected chi connectivity index (χ1v) is 14.1. The van der Waals surface area contributed by atoms with Gasteiger partial charge in [0, 0.05) is 5.39 Å². The Morgan fingerprint density at radius 2 is 1.73 bits per heavy atom. The van der Waals surface area contributed by atoms with E-state index in [-0.39, 0.29) is 0 Å². The maximum Gasteiger partial charge on any atom is 0.264 e. The van der Waals surface area contributed by atoms with E-state index in [0.717, 1.165) is 50.7 Å². The van der Waals surface area contributed by atoms with Crippen LogP contribution in [0.25, 0.3) is 23.1 Å². The fraction of sp³-hybridized carbons (Fsp3) is 0.258. The molecule has 1 N–H and O–H groups in total. The largest absolute Gasteiger partial charge is 0.386 e. The molecule has 6 heteroatoms. The van der Waals surface area contributed by atoms with Gasteiger partial charge in [-0.2, -0.15) is 8.42 Å². The van der Waals surface area contributed by atoms with E-state index in [1.165, 1.54) is 0 Å². The third-order valence-corrected chi connectivity index (χ3v) is 6.82. The Balaban J connectivity index is 1.58. The smallest absolute Gasteiger partial charge is 0.264 e. The molecule has 1 unspecified atom stereocenters. The van der Waals surface area contributed by atoms with E-state index in [9.17, 15) is 13.5 Å². The van der Waals surface area contributed by atoms with Gasteiger partial charge in [-0.25, -0.2) is 4.98 Å². The van der Waals surface area contributed by atoms with Gasteiger partial charge in [-0.3, -0.25) is 4.18 Å². The molecule has 0 fully saturated rings. The van der Waals surface area contributed by atoms with Crippen molar-refractivity contribution in [2.24, 2.45) is 0 Å². The molecule has 3 aromatic carbocycles. The summed E-state index contributed by atoms with van der Waals surface area (Å²) < 4.78 is 29.7. The molecule has 0 spiro atoms. The number of rotatable bonds is 9. The van der Waals surface area contributed by atoms with Crippen LogP contribution in [-0.2, 0) is 26.3 Å². The summed E-state index contributed by atoms with van der Waals surface area (Å²) in [6.07, 6.45) is 5.34. The topological polar surface area (TPSA) is 76.5 Å². The highest BCUT2D eigenvalue weighted by molar-refractivity contribution is 7.86. The van der Waals surface area contributed by atoms with Crippen LogP contribution in [0.4, 0.5) is 0 Å². The van der Waals surface area contributed by atoms with Gasteiger partial charge in [-0.1, -0.05) is 66.7 Å². The summed E-state index contributed by atoms with van der Waals surface area (Å²) in [5.41, 5.74) is 5.44. The number of aryl methyl sites for hydroxylation is 2. The standard InChI is InChI=1S/C31H33NO4S/c1-22-12-14-25-15-18-27(32-29(25)20-22)17-13-23-8-7-10-26(21-23)30(36-37(4,34)35)19-16-24-9-5-6-11-28(24)31(2,3)33/h5-15,17-18,20-21,30,33H,16,19H2,1-4H3/b17-13+. The first-order chi connectivity index (χ1) is 17.5. The van der Waals surface area contributed by atoms with Crippen LogP contribution in [0.5, 0.6) is 0 Å². The quantitative estimate of drug-likeness (QED) is 0.255. The number of pyridine rings is 1. The van der Waals surface area contributed by atoms with Crippen molar-refractivity contribution in [3.8, 4) is 0 Å². The number of aromatic nitrogens is 1. The second kappa shape index (κ2) is 11.0. The zero-order valence-corrected chi connectivity index (χ0v) is 22.5. The molecule has 4 aromatic rings. The molecule has 0 aliphatic heterocycles. The van der Waals surface area contributed by atoms with Gasteiger partial charge in [-0.15, -0.1) is 0 Å². The lowest BCUT2D eigenvalue weighted by Gasteiger charge is -2.23.